The van der Waals surface area contributed by atoms with Gasteiger partial charge < -0.3 is 28.3 Å². The Morgan fingerprint density at radius 3 is 1.82 bits per heavy atom. The molecule has 1 fully saturated rings. The van der Waals surface area contributed by atoms with E-state index in [1.54, 1.807) is 0 Å². The molecule has 5 aromatic carbocycles. The highest BCUT2D eigenvalue weighted by atomic mass is 16.7. The summed E-state index contributed by atoms with van der Waals surface area (Å²) in [6.45, 7) is 28.0. The maximum Gasteiger partial charge on any atom is 0.466 e. The summed E-state index contributed by atoms with van der Waals surface area (Å²) in [5.74, 6) is 0.925. The van der Waals surface area contributed by atoms with Crippen LogP contribution < -0.4 is 15.3 Å². The van der Waals surface area contributed by atoms with Gasteiger partial charge in [-0.3, -0.25) is 4.57 Å². The molecule has 0 bridgehead atoms. The molecule has 0 spiro atoms. The molecule has 9 rings (SSSR count). The number of ether oxygens (including phenoxy) is 1. The van der Waals surface area contributed by atoms with Gasteiger partial charge in [0.15, 0.2) is 0 Å². The van der Waals surface area contributed by atoms with Gasteiger partial charge in [-0.2, -0.15) is 0 Å². The van der Waals surface area contributed by atoms with Crippen LogP contribution >= 0.6 is 0 Å². The number of para-hydroxylation sites is 3. The highest BCUT2D eigenvalue weighted by molar-refractivity contribution is 6.81. The summed E-state index contributed by atoms with van der Waals surface area (Å²) in [4.78, 5) is 9.67. The lowest BCUT2D eigenvalue weighted by atomic mass is 9.50. The van der Waals surface area contributed by atoms with Crippen molar-refractivity contribution >= 4 is 71.4 Å². The predicted octanol–water partition coefficient (Wildman–Crippen LogP) is 13.1. The summed E-state index contributed by atoms with van der Waals surface area (Å²) in [5, 5.41) is 1.94. The van der Waals surface area contributed by atoms with Crippen molar-refractivity contribution in [3.8, 4) is 5.82 Å². The van der Waals surface area contributed by atoms with Crippen molar-refractivity contribution in [2.75, 3.05) is 16.5 Å². The SMILES string of the molecule is CC(C)(C)B1OB(c2cc(N3CN(c4cccc(COCc5ccc6c7ccccc7n(-c7cc(C(C)(C)C)ccn7)c6c5)c4)c4ccccc43)cc(C(C)(C)C)c2)OB(C(C)(C)C)O1. The predicted molar refractivity (Wildman–Crippen MR) is 273 cm³/mol. The van der Waals surface area contributed by atoms with Crippen LogP contribution in [0.15, 0.2) is 128 Å². The third-order valence-corrected chi connectivity index (χ3v) is 12.6. The minimum Gasteiger partial charge on any atom is -0.452 e. The lowest BCUT2D eigenvalue weighted by Crippen LogP contribution is -2.59. The normalized spacial score (nSPS) is 15.2. The van der Waals surface area contributed by atoms with E-state index >= 15 is 0 Å². The quantitative estimate of drug-likeness (QED) is 0.141. The Balaban J connectivity index is 0.973. The van der Waals surface area contributed by atoms with Gasteiger partial charge in [0.2, 0.25) is 0 Å². The van der Waals surface area contributed by atoms with E-state index < -0.39 is 21.4 Å². The average molecular weight is 865 g/mol. The van der Waals surface area contributed by atoms with Crippen molar-refractivity contribution in [1.82, 2.24) is 9.55 Å². The minimum atomic E-state index is -0.585. The fourth-order valence-corrected chi connectivity index (χ4v) is 8.88. The number of nitrogens with zero attached hydrogens (tertiary/aromatic N) is 4. The number of anilines is 4. The molecular formula is C54H63B3N4O4. The monoisotopic (exact) mass is 865 g/mol. The molecule has 0 aliphatic carbocycles. The van der Waals surface area contributed by atoms with Gasteiger partial charge in [-0.1, -0.05) is 144 Å². The standard InChI is InChI=1S/C54H63B3N4O4/c1-51(2,3)39-26-27-58-50(32-39)61-46-21-14-13-20-44(46)45-25-24-38(29-49(45)61)35-62-34-37-18-17-19-42(28-37)59-36-60(48-23-16-15-22-47(48)59)43-31-40(52(4,5)6)30-41(33-43)55-63-56(53(7,8)9)65-57(64-55)54(10,11)12/h13-33H,34-36H2,1-12H3. The topological polar surface area (TPSA) is 61.2 Å². The first kappa shape index (κ1) is 44.9. The molecule has 0 N–H and O–H groups in total. The van der Waals surface area contributed by atoms with E-state index in [0.717, 1.165) is 56.2 Å². The molecule has 2 aliphatic rings. The zero-order chi connectivity index (χ0) is 46.1. The van der Waals surface area contributed by atoms with Crippen LogP contribution in [0.1, 0.15) is 105 Å². The van der Waals surface area contributed by atoms with Gasteiger partial charge in [0.05, 0.1) is 35.6 Å². The molecule has 65 heavy (non-hydrogen) atoms. The molecule has 0 unspecified atom stereocenters. The maximum absolute atomic E-state index is 6.66. The summed E-state index contributed by atoms with van der Waals surface area (Å²) in [6.07, 6.45) is 1.93. The molecule has 0 radical (unpaired) electrons. The molecule has 332 valence electrons. The first-order valence-electron chi connectivity index (χ1n) is 23.1. The fourth-order valence-electron chi connectivity index (χ4n) is 8.88. The van der Waals surface area contributed by atoms with Gasteiger partial charge in [0.1, 0.15) is 12.5 Å². The van der Waals surface area contributed by atoms with Gasteiger partial charge in [-0.05, 0) is 110 Å². The van der Waals surface area contributed by atoms with Crippen LogP contribution in [0.25, 0.3) is 27.6 Å². The molecule has 4 heterocycles. The van der Waals surface area contributed by atoms with Gasteiger partial charge in [-0.25, -0.2) is 4.98 Å². The van der Waals surface area contributed by atoms with Gasteiger partial charge >= 0.3 is 21.4 Å². The van der Waals surface area contributed by atoms with Crippen LogP contribution in [-0.4, -0.2) is 37.6 Å². The van der Waals surface area contributed by atoms with E-state index in [4.69, 9.17) is 23.4 Å². The van der Waals surface area contributed by atoms with E-state index in [0.29, 0.717) is 19.9 Å². The number of pyridine rings is 1. The smallest absolute Gasteiger partial charge is 0.452 e. The van der Waals surface area contributed by atoms with Gasteiger partial charge in [0.25, 0.3) is 0 Å². The van der Waals surface area contributed by atoms with Crippen molar-refractivity contribution in [3.05, 3.63) is 150 Å². The number of rotatable bonds is 8. The van der Waals surface area contributed by atoms with Crippen molar-refractivity contribution in [3.63, 3.8) is 0 Å². The van der Waals surface area contributed by atoms with E-state index in [2.05, 4.69) is 219 Å². The maximum atomic E-state index is 6.66. The molecule has 11 heteroatoms. The van der Waals surface area contributed by atoms with E-state index in [1.165, 1.54) is 21.9 Å². The van der Waals surface area contributed by atoms with Gasteiger partial charge in [-0.15, -0.1) is 0 Å². The van der Waals surface area contributed by atoms with Crippen LogP contribution in [0.3, 0.4) is 0 Å². The Bertz CT molecular complexity index is 2850. The Kier molecular flexibility index (Phi) is 11.6. The number of aromatic nitrogens is 2. The van der Waals surface area contributed by atoms with Crippen LogP contribution in [-0.2, 0) is 42.5 Å². The lowest BCUT2D eigenvalue weighted by molar-refractivity contribution is 0.107. The Morgan fingerprint density at radius 2 is 1.15 bits per heavy atom. The summed E-state index contributed by atoms with van der Waals surface area (Å²) in [5.41, 5.74) is 12.4. The van der Waals surface area contributed by atoms with Crippen LogP contribution in [0.2, 0.25) is 10.6 Å². The number of hydrogen-bond acceptors (Lipinski definition) is 7. The largest absolute Gasteiger partial charge is 0.466 e. The van der Waals surface area contributed by atoms with Crippen molar-refractivity contribution in [1.29, 1.82) is 0 Å². The average Bonchev–Trinajstić information content (AvgIpc) is 3.81. The zero-order valence-electron chi connectivity index (χ0n) is 40.4. The number of benzene rings is 5. The molecule has 1 saturated heterocycles. The lowest BCUT2D eigenvalue weighted by Gasteiger charge is -2.41. The fraction of sp³-hybridized carbons (Fsp3) is 0.352. The Morgan fingerprint density at radius 1 is 0.538 bits per heavy atom. The molecule has 2 aliphatic heterocycles. The summed E-state index contributed by atoms with van der Waals surface area (Å²) >= 11 is 0. The molecule has 7 aromatic rings. The molecule has 8 nitrogen and oxygen atoms in total. The first-order valence-corrected chi connectivity index (χ1v) is 23.1. The minimum absolute atomic E-state index is 0.0100. The van der Waals surface area contributed by atoms with Crippen LogP contribution in [0.4, 0.5) is 22.7 Å². The zero-order valence-corrected chi connectivity index (χ0v) is 40.4. The van der Waals surface area contributed by atoms with Crippen molar-refractivity contribution in [2.24, 2.45) is 0 Å². The summed E-state index contributed by atoms with van der Waals surface area (Å²) in [6, 6.07) is 43.9. The van der Waals surface area contributed by atoms with E-state index in [9.17, 15) is 0 Å². The first-order chi connectivity index (χ1) is 30.7. The highest BCUT2D eigenvalue weighted by Crippen LogP contribution is 2.45. The van der Waals surface area contributed by atoms with Gasteiger partial charge in [0, 0.05) is 28.3 Å². The molecule has 0 saturated carbocycles. The third kappa shape index (κ3) is 9.13. The third-order valence-electron chi connectivity index (χ3n) is 12.6. The second-order valence-corrected chi connectivity index (χ2v) is 22.2. The molecule has 2 aromatic heterocycles. The van der Waals surface area contributed by atoms with Crippen LogP contribution in [0.5, 0.6) is 0 Å². The second kappa shape index (κ2) is 16.8. The Hall–Kier alpha value is -5.32. The van der Waals surface area contributed by atoms with E-state index in [-0.39, 0.29) is 21.5 Å². The molecule has 0 amide bonds. The second-order valence-electron chi connectivity index (χ2n) is 22.2. The summed E-state index contributed by atoms with van der Waals surface area (Å²) in [7, 11) is -1.44. The molecular weight excluding hydrogens is 801 g/mol. The number of fused-ring (bicyclic) bond motifs is 4. The highest BCUT2D eigenvalue weighted by Gasteiger charge is 2.51. The van der Waals surface area contributed by atoms with Crippen molar-refractivity contribution in [2.45, 2.75) is 118 Å². The molecule has 0 atom stereocenters. The Labute approximate surface area is 387 Å². The van der Waals surface area contributed by atoms with E-state index in [1.807, 2.05) is 6.20 Å². The summed E-state index contributed by atoms with van der Waals surface area (Å²) < 4.78 is 28.6. The van der Waals surface area contributed by atoms with Crippen molar-refractivity contribution < 1.29 is 18.5 Å². The van der Waals surface area contributed by atoms with Crippen LogP contribution in [0, 0.1) is 0 Å². The number of hydrogen-bond donors (Lipinski definition) is 0.